The molecule has 0 saturated heterocycles. The number of nitriles is 1. The number of hydrogen-bond donors (Lipinski definition) is 2. The lowest BCUT2D eigenvalue weighted by Crippen LogP contribution is -2.13. The molecule has 3 aromatic rings. The number of nitrogens with one attached hydrogen (secondary N) is 1. The van der Waals surface area contributed by atoms with Crippen LogP contribution >= 0.6 is 0 Å². The summed E-state index contributed by atoms with van der Waals surface area (Å²) < 4.78 is 35.6. The highest BCUT2D eigenvalue weighted by Crippen LogP contribution is 2.31. The predicted molar refractivity (Wildman–Crippen MR) is 123 cm³/mol. The van der Waals surface area contributed by atoms with Gasteiger partial charge in [-0.3, -0.25) is 4.79 Å². The zero-order valence-corrected chi connectivity index (χ0v) is 18.6. The zero-order valence-electron chi connectivity index (χ0n) is 17.8. The summed E-state index contributed by atoms with van der Waals surface area (Å²) in [5, 5.41) is 20.9. The predicted octanol–water partition coefficient (Wildman–Crippen LogP) is 3.71. The lowest BCUT2D eigenvalue weighted by molar-refractivity contribution is -0.112. The summed E-state index contributed by atoms with van der Waals surface area (Å²) in [7, 11) is -2.81. The number of amides is 1. The molecule has 0 bridgehead atoms. The van der Waals surface area contributed by atoms with Gasteiger partial charge in [0.15, 0.2) is 11.5 Å². The number of carboxylic acid groups (broad SMARTS) is 1. The van der Waals surface area contributed by atoms with Gasteiger partial charge in [-0.15, -0.1) is 0 Å². The van der Waals surface area contributed by atoms with Gasteiger partial charge in [0, 0.05) is 5.69 Å². The van der Waals surface area contributed by atoms with Crippen LogP contribution < -0.4 is 14.2 Å². The van der Waals surface area contributed by atoms with Crippen LogP contribution in [0.2, 0.25) is 0 Å². The van der Waals surface area contributed by atoms with Crippen LogP contribution in [0.15, 0.2) is 83.3 Å². The van der Waals surface area contributed by atoms with Crippen molar-refractivity contribution in [1.82, 2.24) is 0 Å². The molecule has 34 heavy (non-hydrogen) atoms. The third kappa shape index (κ3) is 5.79. The standard InChI is InChI=1S/C24H18N2O7S/c1-32-21-12-7-16(14-22(21)33-34(30,31)20-5-3-2-4-6-20)13-18(15-25)23(27)26-19-10-8-17(9-11-19)24(28)29/h2-14H,1H3,(H,26,27)(H,28,29)/b18-13+. The molecule has 0 radical (unpaired) electrons. The Hall–Kier alpha value is -4.62. The molecule has 0 aliphatic heterocycles. The third-order valence-electron chi connectivity index (χ3n) is 4.48. The number of carbonyl (C=O) groups excluding carboxylic acids is 1. The first kappa shape index (κ1) is 24.0. The van der Waals surface area contributed by atoms with Gasteiger partial charge in [0.05, 0.1) is 12.7 Å². The van der Waals surface area contributed by atoms with Gasteiger partial charge in [-0.05, 0) is 60.2 Å². The van der Waals surface area contributed by atoms with E-state index >= 15 is 0 Å². The van der Waals surface area contributed by atoms with Gasteiger partial charge in [0.1, 0.15) is 16.5 Å². The molecule has 0 spiro atoms. The highest BCUT2D eigenvalue weighted by Gasteiger charge is 2.19. The second-order valence-electron chi connectivity index (χ2n) is 6.77. The van der Waals surface area contributed by atoms with Gasteiger partial charge in [-0.25, -0.2) is 4.79 Å². The van der Waals surface area contributed by atoms with Crippen molar-refractivity contribution >= 4 is 33.8 Å². The number of rotatable bonds is 8. The first-order valence-corrected chi connectivity index (χ1v) is 11.1. The van der Waals surface area contributed by atoms with Gasteiger partial charge in [-0.2, -0.15) is 13.7 Å². The minimum atomic E-state index is -4.15. The number of methoxy groups -OCH3 is 1. The molecule has 9 nitrogen and oxygen atoms in total. The number of carbonyl (C=O) groups is 2. The molecule has 0 aliphatic rings. The molecule has 0 aliphatic carbocycles. The fourth-order valence-corrected chi connectivity index (χ4v) is 3.76. The summed E-state index contributed by atoms with van der Waals surface area (Å²) in [5.74, 6) is -1.83. The number of carboxylic acids is 1. The topological polar surface area (TPSA) is 143 Å². The largest absolute Gasteiger partial charge is 0.493 e. The third-order valence-corrected chi connectivity index (χ3v) is 5.73. The van der Waals surface area contributed by atoms with E-state index in [1.807, 2.05) is 0 Å². The van der Waals surface area contributed by atoms with Crippen LogP contribution in [0.5, 0.6) is 11.5 Å². The highest BCUT2D eigenvalue weighted by atomic mass is 32.2. The molecule has 1 amide bonds. The second kappa shape index (κ2) is 10.3. The molecule has 0 aromatic heterocycles. The zero-order chi connectivity index (χ0) is 24.7. The normalized spacial score (nSPS) is 11.2. The summed E-state index contributed by atoms with van der Waals surface area (Å²) >= 11 is 0. The SMILES string of the molecule is COc1ccc(/C=C(\C#N)C(=O)Nc2ccc(C(=O)O)cc2)cc1OS(=O)(=O)c1ccccc1. The van der Waals surface area contributed by atoms with Gasteiger partial charge in [-0.1, -0.05) is 24.3 Å². The summed E-state index contributed by atoms with van der Waals surface area (Å²) in [4.78, 5) is 23.4. The van der Waals surface area contributed by atoms with Crippen molar-refractivity contribution in [2.24, 2.45) is 0 Å². The fourth-order valence-electron chi connectivity index (χ4n) is 2.81. The van der Waals surface area contributed by atoms with E-state index in [0.29, 0.717) is 11.3 Å². The molecule has 10 heteroatoms. The number of nitrogens with zero attached hydrogens (tertiary/aromatic N) is 1. The molecule has 172 valence electrons. The molecule has 0 saturated carbocycles. The average Bonchev–Trinajstić information content (AvgIpc) is 2.83. The number of benzene rings is 3. The van der Waals surface area contributed by atoms with Crippen molar-refractivity contribution in [1.29, 1.82) is 5.26 Å². The maximum Gasteiger partial charge on any atom is 0.339 e. The number of aromatic carboxylic acids is 1. The Labute approximate surface area is 195 Å². The van der Waals surface area contributed by atoms with Crippen LogP contribution in [-0.4, -0.2) is 32.5 Å². The quantitative estimate of drug-likeness (QED) is 0.283. The van der Waals surface area contributed by atoms with Crippen molar-refractivity contribution in [2.75, 3.05) is 12.4 Å². The number of ether oxygens (including phenoxy) is 1. The highest BCUT2D eigenvalue weighted by molar-refractivity contribution is 7.87. The Kier molecular flexibility index (Phi) is 7.30. The molecule has 0 fully saturated rings. The van der Waals surface area contributed by atoms with Crippen LogP contribution in [0, 0.1) is 11.3 Å². The Morgan fingerprint density at radius 1 is 1.00 bits per heavy atom. The molecule has 0 atom stereocenters. The summed E-state index contributed by atoms with van der Waals surface area (Å²) in [5.41, 5.74) is 0.380. The van der Waals surface area contributed by atoms with Gasteiger partial charge in [0.25, 0.3) is 5.91 Å². The van der Waals surface area contributed by atoms with Crippen molar-refractivity contribution < 1.29 is 32.0 Å². The second-order valence-corrected chi connectivity index (χ2v) is 8.31. The first-order valence-electron chi connectivity index (χ1n) is 9.67. The average molecular weight is 478 g/mol. The monoisotopic (exact) mass is 478 g/mol. The van der Waals surface area contributed by atoms with Crippen molar-refractivity contribution in [3.63, 3.8) is 0 Å². The summed E-state index contributed by atoms with van der Waals surface area (Å²) in [6.45, 7) is 0. The fraction of sp³-hybridized carbons (Fsp3) is 0.0417. The lowest BCUT2D eigenvalue weighted by Gasteiger charge is -2.11. The molecule has 2 N–H and O–H groups in total. The van der Waals surface area contributed by atoms with Gasteiger partial charge in [0.2, 0.25) is 0 Å². The molecule has 3 aromatic carbocycles. The van der Waals surface area contributed by atoms with Crippen LogP contribution in [0.4, 0.5) is 5.69 Å². The molecular weight excluding hydrogens is 460 g/mol. The van der Waals surface area contributed by atoms with Crippen LogP contribution in [0.25, 0.3) is 6.08 Å². The first-order chi connectivity index (χ1) is 16.2. The summed E-state index contributed by atoms with van der Waals surface area (Å²) in [6, 6.07) is 19.0. The van der Waals surface area contributed by atoms with E-state index in [0.717, 1.165) is 0 Å². The molecular formula is C24H18N2O7S. The Bertz CT molecular complexity index is 1390. The van der Waals surface area contributed by atoms with Crippen molar-refractivity contribution in [3.05, 3.63) is 89.5 Å². The Balaban J connectivity index is 1.86. The van der Waals surface area contributed by atoms with Crippen LogP contribution in [-0.2, 0) is 14.9 Å². The van der Waals surface area contributed by atoms with Crippen molar-refractivity contribution in [3.8, 4) is 17.6 Å². The van der Waals surface area contributed by atoms with Gasteiger partial charge >= 0.3 is 16.1 Å². The maximum absolute atomic E-state index is 12.6. The van der Waals surface area contributed by atoms with E-state index in [2.05, 4.69) is 5.32 Å². The number of anilines is 1. The van der Waals surface area contributed by atoms with Crippen molar-refractivity contribution in [2.45, 2.75) is 4.90 Å². The Morgan fingerprint density at radius 2 is 1.68 bits per heavy atom. The minimum absolute atomic E-state index is 0.0465. The lowest BCUT2D eigenvalue weighted by atomic mass is 10.1. The molecule has 0 heterocycles. The molecule has 3 rings (SSSR count). The van der Waals surface area contributed by atoms with E-state index in [1.54, 1.807) is 24.3 Å². The molecule has 0 unspecified atom stereocenters. The van der Waals surface area contributed by atoms with E-state index in [1.165, 1.54) is 67.8 Å². The van der Waals surface area contributed by atoms with E-state index in [4.69, 9.17) is 14.0 Å². The summed E-state index contributed by atoms with van der Waals surface area (Å²) in [6.07, 6.45) is 1.25. The Morgan fingerprint density at radius 3 is 2.26 bits per heavy atom. The van der Waals surface area contributed by atoms with E-state index < -0.39 is 22.0 Å². The smallest absolute Gasteiger partial charge is 0.339 e. The maximum atomic E-state index is 12.6. The number of hydrogen-bond acceptors (Lipinski definition) is 7. The van der Waals surface area contributed by atoms with Crippen LogP contribution in [0.3, 0.4) is 0 Å². The minimum Gasteiger partial charge on any atom is -0.493 e. The van der Waals surface area contributed by atoms with Gasteiger partial charge < -0.3 is 19.3 Å². The van der Waals surface area contributed by atoms with Crippen LogP contribution in [0.1, 0.15) is 15.9 Å². The van der Waals surface area contributed by atoms with E-state index in [-0.39, 0.29) is 27.5 Å². The van der Waals surface area contributed by atoms with E-state index in [9.17, 15) is 23.3 Å².